The van der Waals surface area contributed by atoms with Crippen molar-refractivity contribution in [2.75, 3.05) is 0 Å². The Labute approximate surface area is 78.1 Å². The van der Waals surface area contributed by atoms with E-state index in [0.29, 0.717) is 0 Å². The van der Waals surface area contributed by atoms with E-state index in [1.54, 1.807) is 0 Å². The van der Waals surface area contributed by atoms with Crippen LogP contribution in [0.2, 0.25) is 0 Å². The number of nitrogens with zero attached hydrogens (tertiary/aromatic N) is 1. The molecule has 0 N–H and O–H groups in total. The Morgan fingerprint density at radius 1 is 1.43 bits per heavy atom. The summed E-state index contributed by atoms with van der Waals surface area (Å²) in [7, 11) is 0. The number of aliphatic imine (C=N–C) groups is 1. The molecule has 0 aromatic heterocycles. The Morgan fingerprint density at radius 3 is 2.71 bits per heavy atom. The molecule has 0 radical (unpaired) electrons. The van der Waals surface area contributed by atoms with Gasteiger partial charge in [0.15, 0.2) is 0 Å². The summed E-state index contributed by atoms with van der Waals surface area (Å²) in [5.41, 5.74) is -0.699. The van der Waals surface area contributed by atoms with Crippen molar-refractivity contribution >= 4 is 6.08 Å². The summed E-state index contributed by atoms with van der Waals surface area (Å²) in [5.74, 6) is -0.987. The molecule has 0 aliphatic rings. The number of carbonyl (C=O) groups excluding carboxylic acids is 1. The summed E-state index contributed by atoms with van der Waals surface area (Å²) >= 11 is 0. The van der Waals surface area contributed by atoms with Crippen molar-refractivity contribution in [2.24, 2.45) is 4.99 Å². The monoisotopic (exact) mass is 201 g/mol. The second-order valence-corrected chi connectivity index (χ2v) is 2.52. The summed E-state index contributed by atoms with van der Waals surface area (Å²) < 4.78 is 37.6. The Hall–Kier alpha value is -1.61. The van der Waals surface area contributed by atoms with Crippen LogP contribution in [0.5, 0.6) is 0 Å². The number of benzene rings is 1. The zero-order valence-electron chi connectivity index (χ0n) is 7.01. The molecule has 0 aliphatic heterocycles. The van der Waals surface area contributed by atoms with Crippen LogP contribution in [0.15, 0.2) is 23.2 Å². The third-order valence-corrected chi connectivity index (χ3v) is 1.68. The largest absolute Gasteiger partial charge is 0.267 e. The maximum atomic E-state index is 12.9. The number of hydrogen-bond donors (Lipinski definition) is 0. The zero-order chi connectivity index (χ0) is 10.6. The molecule has 1 aromatic rings. The highest BCUT2D eigenvalue weighted by atomic mass is 19.3. The van der Waals surface area contributed by atoms with E-state index in [0.717, 1.165) is 6.07 Å². The normalized spacial score (nSPS) is 10.0. The van der Waals surface area contributed by atoms with Crippen molar-refractivity contribution in [1.82, 2.24) is 0 Å². The third-order valence-electron chi connectivity index (χ3n) is 1.68. The van der Waals surface area contributed by atoms with Gasteiger partial charge in [-0.1, -0.05) is 12.1 Å². The molecule has 0 spiro atoms. The topological polar surface area (TPSA) is 29.4 Å². The molecule has 0 atom stereocenters. The SMILES string of the molecule is O=C=NCc1cccc(F)c1C(F)F. The average molecular weight is 201 g/mol. The van der Waals surface area contributed by atoms with Gasteiger partial charge in [0.25, 0.3) is 6.43 Å². The summed E-state index contributed by atoms with van der Waals surface area (Å²) in [6.45, 7) is -0.277. The molecule has 0 aliphatic carbocycles. The fraction of sp³-hybridized carbons (Fsp3) is 0.222. The van der Waals surface area contributed by atoms with Crippen LogP contribution in [0.3, 0.4) is 0 Å². The van der Waals surface area contributed by atoms with Crippen molar-refractivity contribution in [3.63, 3.8) is 0 Å². The summed E-state index contributed by atoms with van der Waals surface area (Å²) in [4.78, 5) is 12.9. The molecule has 0 bridgehead atoms. The number of alkyl halides is 2. The number of rotatable bonds is 3. The summed E-state index contributed by atoms with van der Waals surface area (Å²) in [5, 5.41) is 0. The first kappa shape index (κ1) is 10.5. The number of isocyanates is 1. The fourth-order valence-electron chi connectivity index (χ4n) is 1.08. The third kappa shape index (κ3) is 2.20. The van der Waals surface area contributed by atoms with Gasteiger partial charge in [0, 0.05) is 0 Å². The Morgan fingerprint density at radius 2 is 2.14 bits per heavy atom. The maximum absolute atomic E-state index is 12.9. The summed E-state index contributed by atoms with van der Waals surface area (Å²) in [6, 6.07) is 3.53. The molecule has 0 fully saturated rings. The minimum absolute atomic E-state index is 0.00310. The molecule has 14 heavy (non-hydrogen) atoms. The molecule has 1 aromatic carbocycles. The first-order valence-corrected chi connectivity index (χ1v) is 3.76. The molecule has 1 rings (SSSR count). The van der Waals surface area contributed by atoms with E-state index in [9.17, 15) is 18.0 Å². The van der Waals surface area contributed by atoms with Crippen molar-refractivity contribution in [2.45, 2.75) is 13.0 Å². The van der Waals surface area contributed by atoms with Crippen LogP contribution in [0.4, 0.5) is 13.2 Å². The minimum atomic E-state index is -2.91. The molecule has 5 heteroatoms. The molecule has 2 nitrogen and oxygen atoms in total. The van der Waals surface area contributed by atoms with Gasteiger partial charge in [-0.05, 0) is 11.6 Å². The lowest BCUT2D eigenvalue weighted by Gasteiger charge is -2.06. The van der Waals surface area contributed by atoms with E-state index in [1.807, 2.05) is 0 Å². The highest BCUT2D eigenvalue weighted by Gasteiger charge is 2.17. The van der Waals surface area contributed by atoms with Crippen LogP contribution < -0.4 is 0 Å². The lowest BCUT2D eigenvalue weighted by Crippen LogP contribution is -1.97. The Kier molecular flexibility index (Phi) is 3.42. The van der Waals surface area contributed by atoms with Crippen molar-refractivity contribution in [3.8, 4) is 0 Å². The molecule has 74 valence electrons. The van der Waals surface area contributed by atoms with Crippen LogP contribution in [-0.4, -0.2) is 6.08 Å². The Balaban J connectivity index is 3.13. The molecule has 0 heterocycles. The van der Waals surface area contributed by atoms with Crippen LogP contribution in [0, 0.1) is 5.82 Å². The van der Waals surface area contributed by atoms with Crippen LogP contribution in [0.25, 0.3) is 0 Å². The molecule has 0 unspecified atom stereocenters. The van der Waals surface area contributed by atoms with E-state index >= 15 is 0 Å². The standard InChI is InChI=1S/C9H6F3NO/c10-7-3-1-2-6(4-13-5-14)8(7)9(11)12/h1-3,9H,4H2. The van der Waals surface area contributed by atoms with Gasteiger partial charge in [-0.25, -0.2) is 23.0 Å². The number of hydrogen-bond acceptors (Lipinski definition) is 2. The quantitative estimate of drug-likeness (QED) is 0.546. The van der Waals surface area contributed by atoms with Gasteiger partial charge in [-0.15, -0.1) is 0 Å². The van der Waals surface area contributed by atoms with Crippen molar-refractivity contribution in [3.05, 3.63) is 35.1 Å². The molecule has 0 saturated carbocycles. The van der Waals surface area contributed by atoms with Crippen molar-refractivity contribution < 1.29 is 18.0 Å². The van der Waals surface area contributed by atoms with E-state index in [4.69, 9.17) is 0 Å². The molecular formula is C9H6F3NO. The van der Waals surface area contributed by atoms with E-state index in [2.05, 4.69) is 4.99 Å². The van der Waals surface area contributed by atoms with E-state index in [-0.39, 0.29) is 12.1 Å². The summed E-state index contributed by atoms with van der Waals surface area (Å²) in [6.07, 6.45) is -1.70. The van der Waals surface area contributed by atoms with E-state index in [1.165, 1.54) is 18.2 Å². The van der Waals surface area contributed by atoms with Gasteiger partial charge in [-0.3, -0.25) is 0 Å². The average Bonchev–Trinajstić information content (AvgIpc) is 2.14. The zero-order valence-corrected chi connectivity index (χ0v) is 7.01. The second kappa shape index (κ2) is 4.58. The first-order chi connectivity index (χ1) is 6.66. The predicted molar refractivity (Wildman–Crippen MR) is 43.2 cm³/mol. The lowest BCUT2D eigenvalue weighted by molar-refractivity contribution is 0.145. The molecule has 0 amide bonds. The lowest BCUT2D eigenvalue weighted by atomic mass is 10.1. The molecular weight excluding hydrogens is 195 g/mol. The first-order valence-electron chi connectivity index (χ1n) is 3.76. The Bertz CT molecular complexity index is 372. The minimum Gasteiger partial charge on any atom is -0.211 e. The van der Waals surface area contributed by atoms with E-state index < -0.39 is 17.8 Å². The van der Waals surface area contributed by atoms with Crippen LogP contribution in [0.1, 0.15) is 17.6 Å². The van der Waals surface area contributed by atoms with Gasteiger partial charge in [0.2, 0.25) is 6.08 Å². The molecule has 0 saturated heterocycles. The number of halogens is 3. The van der Waals surface area contributed by atoms with Crippen molar-refractivity contribution in [1.29, 1.82) is 0 Å². The van der Waals surface area contributed by atoms with Gasteiger partial charge in [0.05, 0.1) is 12.1 Å². The van der Waals surface area contributed by atoms with Gasteiger partial charge in [0.1, 0.15) is 5.82 Å². The van der Waals surface area contributed by atoms with Gasteiger partial charge >= 0.3 is 0 Å². The smallest absolute Gasteiger partial charge is 0.211 e. The van der Waals surface area contributed by atoms with Gasteiger partial charge in [-0.2, -0.15) is 0 Å². The maximum Gasteiger partial charge on any atom is 0.267 e. The van der Waals surface area contributed by atoms with Crippen LogP contribution in [-0.2, 0) is 11.3 Å². The van der Waals surface area contributed by atoms with Crippen LogP contribution >= 0.6 is 0 Å². The highest BCUT2D eigenvalue weighted by Crippen LogP contribution is 2.26. The van der Waals surface area contributed by atoms with Gasteiger partial charge < -0.3 is 0 Å². The highest BCUT2D eigenvalue weighted by molar-refractivity contribution is 5.35. The fourth-order valence-corrected chi connectivity index (χ4v) is 1.08. The second-order valence-electron chi connectivity index (χ2n) is 2.52. The predicted octanol–water partition coefficient (Wildman–Crippen LogP) is 2.60.